The highest BCUT2D eigenvalue weighted by Gasteiger charge is 2.62. The number of benzene rings is 2. The van der Waals surface area contributed by atoms with Crippen molar-refractivity contribution < 1.29 is 51.0 Å². The molecule has 59 heavy (non-hydrogen) atoms. The lowest BCUT2D eigenvalue weighted by Gasteiger charge is -2.30. The topological polar surface area (TPSA) is 206 Å². The highest BCUT2D eigenvalue weighted by atomic mass is 32.2. The molecule has 6 atom stereocenters. The van der Waals surface area contributed by atoms with Gasteiger partial charge in [0.1, 0.15) is 46.7 Å². The van der Waals surface area contributed by atoms with Gasteiger partial charge in [-0.15, -0.1) is 0 Å². The molecule has 1 unspecified atom stereocenters. The number of halogens is 1. The smallest absolute Gasteiger partial charge is 0.408 e. The quantitative estimate of drug-likeness (QED) is 0.189. The van der Waals surface area contributed by atoms with Crippen molar-refractivity contribution in [3.8, 4) is 5.75 Å². The average Bonchev–Trinajstić information content (AvgIpc) is 4.02. The van der Waals surface area contributed by atoms with Crippen LogP contribution < -0.4 is 20.1 Å². The van der Waals surface area contributed by atoms with Crippen LogP contribution in [0, 0.1) is 11.7 Å². The molecular weight excluding hydrogens is 786 g/mol. The molecule has 0 spiro atoms. The van der Waals surface area contributed by atoms with Gasteiger partial charge >= 0.3 is 6.09 Å². The third-order valence-electron chi connectivity index (χ3n) is 12.3. The fourth-order valence-corrected chi connectivity index (χ4v) is 10.2. The number of aliphatic hydroxyl groups is 1. The molecule has 0 bridgehead atoms. The predicted octanol–water partition coefficient (Wildman–Crippen LogP) is 4.63. The first-order chi connectivity index (χ1) is 28.4. The molecule has 4 amide bonds. The van der Waals surface area contributed by atoms with Gasteiger partial charge in [-0.05, 0) is 88.1 Å². The molecule has 15 nitrogen and oxygen atoms in total. The number of hydrogen-bond donors (Lipinski definition) is 4. The molecule has 17 heteroatoms. The summed E-state index contributed by atoms with van der Waals surface area (Å²) in [6.45, 7) is -0.148. The molecule has 4 fully saturated rings. The minimum atomic E-state index is -3.99. The Labute approximate surface area is 339 Å². The molecular formula is C42H46FN5O10S. The van der Waals surface area contributed by atoms with Crippen LogP contribution in [-0.2, 0) is 29.1 Å². The maximum Gasteiger partial charge on any atom is 0.408 e. The second kappa shape index (κ2) is 15.4. The van der Waals surface area contributed by atoms with Crippen LogP contribution in [0.1, 0.15) is 77.0 Å². The molecule has 9 rings (SSSR count). The molecule has 4 heterocycles. The first kappa shape index (κ1) is 39.2. The Morgan fingerprint density at radius 1 is 0.966 bits per heavy atom. The molecule has 5 aliphatic rings. The van der Waals surface area contributed by atoms with Gasteiger partial charge in [-0.2, -0.15) is 0 Å². The van der Waals surface area contributed by atoms with E-state index in [4.69, 9.17) is 18.9 Å². The number of ether oxygens (including phenoxy) is 2. The van der Waals surface area contributed by atoms with E-state index in [0.717, 1.165) is 25.7 Å². The van der Waals surface area contributed by atoms with Crippen molar-refractivity contribution in [2.24, 2.45) is 5.92 Å². The maximum atomic E-state index is 14.8. The van der Waals surface area contributed by atoms with E-state index < -0.39 is 80.7 Å². The Balaban J connectivity index is 1.07. The number of pyridine rings is 1. The van der Waals surface area contributed by atoms with Gasteiger partial charge in [0.25, 0.3) is 5.91 Å². The van der Waals surface area contributed by atoms with Crippen LogP contribution in [0.25, 0.3) is 33.0 Å². The fraction of sp³-hybridized carbons (Fsp3) is 0.500. The summed E-state index contributed by atoms with van der Waals surface area (Å²) in [6, 6.07) is 8.99. The molecule has 0 radical (unpaired) electrons. The zero-order valence-electron chi connectivity index (χ0n) is 32.2. The molecule has 3 saturated carbocycles. The second-order valence-electron chi connectivity index (χ2n) is 16.6. The van der Waals surface area contributed by atoms with Crippen LogP contribution >= 0.6 is 0 Å². The number of furan rings is 1. The van der Waals surface area contributed by atoms with Crippen molar-refractivity contribution in [2.75, 3.05) is 6.54 Å². The van der Waals surface area contributed by atoms with Gasteiger partial charge in [0, 0.05) is 23.1 Å². The molecule has 2 aromatic carbocycles. The Morgan fingerprint density at radius 2 is 1.73 bits per heavy atom. The number of hydrogen-bond acceptors (Lipinski definition) is 11. The fourth-order valence-electron chi connectivity index (χ4n) is 8.80. The maximum absolute atomic E-state index is 14.8. The van der Waals surface area contributed by atoms with Crippen LogP contribution in [0.15, 0.2) is 59.0 Å². The summed E-state index contributed by atoms with van der Waals surface area (Å²) >= 11 is 0. The van der Waals surface area contributed by atoms with Crippen LogP contribution in [0.3, 0.4) is 0 Å². The predicted molar refractivity (Wildman–Crippen MR) is 212 cm³/mol. The summed E-state index contributed by atoms with van der Waals surface area (Å²) in [5, 5.41) is 16.6. The van der Waals surface area contributed by atoms with Crippen molar-refractivity contribution >= 4 is 66.8 Å². The van der Waals surface area contributed by atoms with Gasteiger partial charge in [-0.25, -0.2) is 22.6 Å². The lowest BCUT2D eigenvalue weighted by atomic mass is 10.0. The molecule has 2 aliphatic heterocycles. The first-order valence-corrected chi connectivity index (χ1v) is 22.0. The normalized spacial score (nSPS) is 28.1. The third kappa shape index (κ3) is 7.81. The Kier molecular flexibility index (Phi) is 10.2. The molecule has 3 aliphatic carbocycles. The Bertz CT molecular complexity index is 2480. The summed E-state index contributed by atoms with van der Waals surface area (Å²) < 4.78 is 61.4. The van der Waals surface area contributed by atoms with Crippen molar-refractivity contribution in [3.05, 3.63) is 60.4 Å². The third-order valence-corrected chi connectivity index (χ3v) is 14.1. The number of amides is 4. The minimum Gasteiger partial charge on any atom is -0.484 e. The van der Waals surface area contributed by atoms with Gasteiger partial charge in [0.05, 0.1) is 23.4 Å². The number of nitrogens with one attached hydrogen (secondary N) is 3. The number of sulfonamides is 1. The van der Waals surface area contributed by atoms with E-state index in [1.807, 2.05) is 18.2 Å². The number of aliphatic hydroxyl groups excluding tert-OH is 1. The van der Waals surface area contributed by atoms with E-state index in [2.05, 4.69) is 15.4 Å². The molecule has 1 saturated heterocycles. The van der Waals surface area contributed by atoms with Crippen LogP contribution in [0.5, 0.6) is 5.75 Å². The van der Waals surface area contributed by atoms with E-state index >= 15 is 0 Å². The molecule has 312 valence electrons. The number of carbonyl (C=O) groups excluding carboxylic acids is 4. The van der Waals surface area contributed by atoms with Crippen molar-refractivity contribution in [2.45, 2.75) is 118 Å². The zero-order chi connectivity index (χ0) is 41.1. The monoisotopic (exact) mass is 831 g/mol. The number of alkyl carbamates (subject to hydrolysis) is 1. The van der Waals surface area contributed by atoms with E-state index in [1.165, 1.54) is 29.2 Å². The lowest BCUT2D eigenvalue weighted by molar-refractivity contribution is -0.141. The SMILES string of the molecule is O=C(N[C@H]1CCCCC(O)C=C[C@@H]2C[C@@]2(C(=O)NS(=O)(=O)C2CC2)NC(=O)[C@@H]2C[C@@H](Oc3c4cc(F)ccc4nc4c3oc3ccccc34)CN2C1=O)OC1CCCC1. The number of para-hydroxylation sites is 1. The van der Waals surface area contributed by atoms with Gasteiger partial charge in [-0.1, -0.05) is 37.1 Å². The summed E-state index contributed by atoms with van der Waals surface area (Å²) in [6.07, 6.45) is 5.84. The van der Waals surface area contributed by atoms with E-state index in [-0.39, 0.29) is 43.2 Å². The van der Waals surface area contributed by atoms with E-state index in [1.54, 1.807) is 12.1 Å². The summed E-state index contributed by atoms with van der Waals surface area (Å²) in [4.78, 5) is 62.5. The Hall–Kier alpha value is -5.29. The van der Waals surface area contributed by atoms with Gasteiger partial charge in [0.15, 0.2) is 11.3 Å². The van der Waals surface area contributed by atoms with Gasteiger partial charge < -0.3 is 34.5 Å². The van der Waals surface area contributed by atoms with Gasteiger partial charge in [0.2, 0.25) is 21.8 Å². The number of aromatic nitrogens is 1. The summed E-state index contributed by atoms with van der Waals surface area (Å²) in [5.74, 6) is -3.24. The number of nitrogens with zero attached hydrogens (tertiary/aromatic N) is 2. The highest BCUT2D eigenvalue weighted by molar-refractivity contribution is 7.91. The number of carbonyl (C=O) groups is 4. The largest absolute Gasteiger partial charge is 0.484 e. The Morgan fingerprint density at radius 3 is 2.53 bits per heavy atom. The number of fused-ring (bicyclic) bond motifs is 6. The molecule has 2 aromatic heterocycles. The average molecular weight is 832 g/mol. The summed E-state index contributed by atoms with van der Waals surface area (Å²) in [5.41, 5.74) is 0.00896. The second-order valence-corrected chi connectivity index (χ2v) is 18.5. The van der Waals surface area contributed by atoms with E-state index in [0.29, 0.717) is 59.5 Å². The molecule has 4 aromatic rings. The number of rotatable bonds is 7. The standard InChI is InChI=1S/C42H46FN5O10S/c43-24-14-18-31-30(19-24)36(37-35(44-31)29-10-4-6-12-34(29)58-37)56-27-20-33-38(50)46-42(40(52)47-59(54,55)28-16-17-28)21-23(42)13-15-25(49)7-1-5-11-32(39(51)48(33)22-27)45-41(53)57-26-8-2-3-9-26/h4,6,10,12-15,18-19,23,25-28,32-33,49H,1-3,5,7-9,11,16-17,20-22H2,(H,45,53)(H,46,50)(H,47,52)/t23-,25?,27-,32+,33+,42-/m1/s1. The first-order valence-electron chi connectivity index (χ1n) is 20.5. The van der Waals surface area contributed by atoms with Crippen molar-refractivity contribution in [1.29, 1.82) is 0 Å². The van der Waals surface area contributed by atoms with Crippen LogP contribution in [0.2, 0.25) is 0 Å². The van der Waals surface area contributed by atoms with Crippen molar-refractivity contribution in [1.82, 2.24) is 25.2 Å². The van der Waals surface area contributed by atoms with Crippen LogP contribution in [0.4, 0.5) is 9.18 Å². The highest BCUT2D eigenvalue weighted by Crippen LogP contribution is 2.46. The zero-order valence-corrected chi connectivity index (χ0v) is 33.0. The minimum absolute atomic E-state index is 0.0599. The van der Waals surface area contributed by atoms with E-state index in [9.17, 15) is 37.1 Å². The lowest BCUT2D eigenvalue weighted by Crippen LogP contribution is -2.58. The molecule has 4 N–H and O–H groups in total. The van der Waals surface area contributed by atoms with Gasteiger partial charge in [-0.3, -0.25) is 19.1 Å². The summed E-state index contributed by atoms with van der Waals surface area (Å²) in [7, 11) is -3.99. The van der Waals surface area contributed by atoms with Crippen LogP contribution in [-0.4, -0.2) is 95.0 Å². The van der Waals surface area contributed by atoms with Crippen molar-refractivity contribution in [3.63, 3.8) is 0 Å².